The van der Waals surface area contributed by atoms with Crippen LogP contribution in [0.1, 0.15) is 27.3 Å². The van der Waals surface area contributed by atoms with Gasteiger partial charge in [-0.2, -0.15) is 0 Å². The van der Waals surface area contributed by atoms with Gasteiger partial charge >= 0.3 is 0 Å². The molecular formula is C16H21ClFN5OS. The van der Waals surface area contributed by atoms with Crippen LogP contribution in [0, 0.1) is 5.82 Å². The highest BCUT2D eigenvalue weighted by Gasteiger charge is 2.20. The number of halogens is 2. The molecule has 1 aromatic heterocycles. The van der Waals surface area contributed by atoms with Crippen molar-refractivity contribution in [2.45, 2.75) is 26.1 Å². The molecular weight excluding hydrogens is 365 g/mol. The highest BCUT2D eigenvalue weighted by atomic mass is 35.5. The van der Waals surface area contributed by atoms with Crippen LogP contribution in [0.3, 0.4) is 0 Å². The van der Waals surface area contributed by atoms with Crippen LogP contribution < -0.4 is 10.6 Å². The SMILES string of the molecule is C[C@@H]1CNCCN1Cc1nnc(C(=O)NCc2ccc(F)cc2)s1.Cl. The predicted octanol–water partition coefficient (Wildman–Crippen LogP) is 1.82. The van der Waals surface area contributed by atoms with Gasteiger partial charge in [-0.1, -0.05) is 23.5 Å². The van der Waals surface area contributed by atoms with E-state index < -0.39 is 0 Å². The van der Waals surface area contributed by atoms with Crippen molar-refractivity contribution in [2.24, 2.45) is 0 Å². The molecule has 0 bridgehead atoms. The number of amides is 1. The highest BCUT2D eigenvalue weighted by molar-refractivity contribution is 7.13. The highest BCUT2D eigenvalue weighted by Crippen LogP contribution is 2.15. The topological polar surface area (TPSA) is 70.1 Å². The fraction of sp³-hybridized carbons (Fsp3) is 0.438. The quantitative estimate of drug-likeness (QED) is 0.821. The number of benzene rings is 1. The molecule has 1 aliphatic rings. The molecule has 2 N–H and O–H groups in total. The summed E-state index contributed by atoms with van der Waals surface area (Å²) in [6, 6.07) is 6.48. The molecule has 3 rings (SSSR count). The number of rotatable bonds is 5. The molecule has 0 aliphatic carbocycles. The fourth-order valence-electron chi connectivity index (χ4n) is 2.56. The summed E-state index contributed by atoms with van der Waals surface area (Å²) in [4.78, 5) is 14.5. The number of hydrogen-bond acceptors (Lipinski definition) is 6. The van der Waals surface area contributed by atoms with E-state index in [4.69, 9.17) is 0 Å². The maximum absolute atomic E-state index is 12.9. The number of piperazine rings is 1. The summed E-state index contributed by atoms with van der Waals surface area (Å²) in [7, 11) is 0. The standard InChI is InChI=1S/C16H20FN5OS.ClH/c1-11-8-18-6-7-22(11)10-14-20-21-16(24-14)15(23)19-9-12-2-4-13(17)5-3-12;/h2-5,11,18H,6-10H2,1H3,(H,19,23);1H/t11-;/m1./s1. The van der Waals surface area contributed by atoms with Crippen LogP contribution >= 0.6 is 23.7 Å². The second kappa shape index (κ2) is 9.19. The molecule has 25 heavy (non-hydrogen) atoms. The molecule has 1 saturated heterocycles. The predicted molar refractivity (Wildman–Crippen MR) is 97.5 cm³/mol. The minimum absolute atomic E-state index is 0. The second-order valence-electron chi connectivity index (χ2n) is 5.83. The zero-order chi connectivity index (χ0) is 16.9. The first kappa shape index (κ1) is 19.7. The average Bonchev–Trinajstić information content (AvgIpc) is 3.05. The molecule has 0 unspecified atom stereocenters. The third-order valence-electron chi connectivity index (χ3n) is 4.00. The van der Waals surface area contributed by atoms with E-state index in [0.29, 0.717) is 24.1 Å². The monoisotopic (exact) mass is 385 g/mol. The van der Waals surface area contributed by atoms with Crippen LogP contribution in [0.25, 0.3) is 0 Å². The lowest BCUT2D eigenvalue weighted by atomic mass is 10.2. The van der Waals surface area contributed by atoms with Crippen molar-refractivity contribution in [2.75, 3.05) is 19.6 Å². The Labute approximate surface area is 156 Å². The van der Waals surface area contributed by atoms with Crippen molar-refractivity contribution in [1.82, 2.24) is 25.7 Å². The molecule has 0 radical (unpaired) electrons. The van der Waals surface area contributed by atoms with E-state index in [0.717, 1.165) is 30.2 Å². The first-order chi connectivity index (χ1) is 11.6. The number of carbonyl (C=O) groups is 1. The third-order valence-corrected chi connectivity index (χ3v) is 4.91. The fourth-order valence-corrected chi connectivity index (χ4v) is 3.34. The van der Waals surface area contributed by atoms with Gasteiger partial charge in [-0.3, -0.25) is 9.69 Å². The summed E-state index contributed by atoms with van der Waals surface area (Å²) in [5.41, 5.74) is 0.837. The lowest BCUT2D eigenvalue weighted by Crippen LogP contribution is -2.49. The normalized spacial score (nSPS) is 17.8. The van der Waals surface area contributed by atoms with Crippen molar-refractivity contribution >= 4 is 29.7 Å². The number of carbonyl (C=O) groups excluding carboxylic acids is 1. The van der Waals surface area contributed by atoms with Crippen molar-refractivity contribution in [3.63, 3.8) is 0 Å². The van der Waals surface area contributed by atoms with Crippen molar-refractivity contribution in [3.8, 4) is 0 Å². The van der Waals surface area contributed by atoms with Gasteiger partial charge in [-0.15, -0.1) is 22.6 Å². The van der Waals surface area contributed by atoms with Gasteiger partial charge < -0.3 is 10.6 Å². The molecule has 0 saturated carbocycles. The Morgan fingerprint density at radius 1 is 1.40 bits per heavy atom. The van der Waals surface area contributed by atoms with Gasteiger partial charge in [-0.25, -0.2) is 4.39 Å². The zero-order valence-electron chi connectivity index (χ0n) is 13.9. The van der Waals surface area contributed by atoms with Crippen LogP contribution in [-0.2, 0) is 13.1 Å². The Bertz CT molecular complexity index is 696. The molecule has 1 fully saturated rings. The third kappa shape index (κ3) is 5.43. The van der Waals surface area contributed by atoms with E-state index in [2.05, 4.69) is 32.7 Å². The van der Waals surface area contributed by atoms with Crippen LogP contribution in [-0.4, -0.2) is 46.7 Å². The average molecular weight is 386 g/mol. The summed E-state index contributed by atoms with van der Waals surface area (Å²) in [6.07, 6.45) is 0. The van der Waals surface area contributed by atoms with E-state index in [1.807, 2.05) is 0 Å². The minimum Gasteiger partial charge on any atom is -0.346 e. The Morgan fingerprint density at radius 3 is 2.88 bits per heavy atom. The Kier molecular flexibility index (Phi) is 7.24. The van der Waals surface area contributed by atoms with E-state index >= 15 is 0 Å². The molecule has 9 heteroatoms. The summed E-state index contributed by atoms with van der Waals surface area (Å²) in [5, 5.41) is 15.4. The van der Waals surface area contributed by atoms with Crippen LogP contribution in [0.2, 0.25) is 0 Å². The van der Waals surface area contributed by atoms with E-state index in [1.54, 1.807) is 12.1 Å². The molecule has 2 aromatic rings. The molecule has 1 aromatic carbocycles. The summed E-state index contributed by atoms with van der Waals surface area (Å²) >= 11 is 1.32. The number of nitrogens with one attached hydrogen (secondary N) is 2. The van der Waals surface area contributed by atoms with Crippen molar-refractivity contribution < 1.29 is 9.18 Å². The van der Waals surface area contributed by atoms with Gasteiger partial charge in [0.25, 0.3) is 5.91 Å². The summed E-state index contributed by atoms with van der Waals surface area (Å²) in [6.45, 7) is 6.11. The molecule has 6 nitrogen and oxygen atoms in total. The zero-order valence-corrected chi connectivity index (χ0v) is 15.5. The molecule has 2 heterocycles. The minimum atomic E-state index is -0.291. The molecule has 1 amide bonds. The lowest BCUT2D eigenvalue weighted by molar-refractivity contribution is 0.0950. The van der Waals surface area contributed by atoms with Crippen LogP contribution in [0.15, 0.2) is 24.3 Å². The molecule has 1 aliphatic heterocycles. The van der Waals surface area contributed by atoms with Crippen LogP contribution in [0.5, 0.6) is 0 Å². The first-order valence-corrected chi connectivity index (χ1v) is 8.73. The lowest BCUT2D eigenvalue weighted by Gasteiger charge is -2.32. The summed E-state index contributed by atoms with van der Waals surface area (Å²) in [5.74, 6) is -0.544. The van der Waals surface area contributed by atoms with Gasteiger partial charge in [0.05, 0.1) is 6.54 Å². The number of nitrogens with zero attached hydrogens (tertiary/aromatic N) is 3. The largest absolute Gasteiger partial charge is 0.346 e. The van der Waals surface area contributed by atoms with Crippen molar-refractivity contribution in [1.29, 1.82) is 0 Å². The smallest absolute Gasteiger partial charge is 0.282 e. The Balaban J connectivity index is 0.00000225. The summed E-state index contributed by atoms with van der Waals surface area (Å²) < 4.78 is 12.9. The van der Waals surface area contributed by atoms with Gasteiger partial charge in [0.15, 0.2) is 0 Å². The van der Waals surface area contributed by atoms with Gasteiger partial charge in [0.2, 0.25) is 5.01 Å². The van der Waals surface area contributed by atoms with Gasteiger partial charge in [0.1, 0.15) is 10.8 Å². The molecule has 0 spiro atoms. The van der Waals surface area contributed by atoms with E-state index in [-0.39, 0.29) is 24.1 Å². The number of aromatic nitrogens is 2. The van der Waals surface area contributed by atoms with Gasteiger partial charge in [-0.05, 0) is 24.6 Å². The van der Waals surface area contributed by atoms with Gasteiger partial charge in [0, 0.05) is 32.2 Å². The van der Waals surface area contributed by atoms with Crippen molar-refractivity contribution in [3.05, 3.63) is 45.7 Å². The number of hydrogen-bond donors (Lipinski definition) is 2. The Hall–Kier alpha value is -1.61. The Morgan fingerprint density at radius 2 is 2.16 bits per heavy atom. The second-order valence-corrected chi connectivity index (χ2v) is 6.90. The van der Waals surface area contributed by atoms with Crippen LogP contribution in [0.4, 0.5) is 4.39 Å². The molecule has 1 atom stereocenters. The maximum atomic E-state index is 12.9. The maximum Gasteiger partial charge on any atom is 0.282 e. The molecule has 136 valence electrons. The first-order valence-electron chi connectivity index (χ1n) is 7.91. The van der Waals surface area contributed by atoms with E-state index in [9.17, 15) is 9.18 Å². The van der Waals surface area contributed by atoms with E-state index in [1.165, 1.54) is 23.5 Å².